The lowest BCUT2D eigenvalue weighted by atomic mass is 10.1. The maximum atomic E-state index is 8.88. The molecular weight excluding hydrogens is 128 g/mol. The highest BCUT2D eigenvalue weighted by atomic mass is 16.3. The van der Waals surface area contributed by atoms with Gasteiger partial charge < -0.3 is 5.11 Å². The number of nitriles is 1. The predicted molar refractivity (Wildman–Crippen MR) is 37.2 cm³/mol. The second-order valence-electron chi connectivity index (χ2n) is 2.90. The molecule has 1 saturated heterocycles. The Bertz CT molecular complexity index is 146. The van der Waals surface area contributed by atoms with E-state index in [0.29, 0.717) is 0 Å². The number of hydrogen-bond donors (Lipinski definition) is 1. The van der Waals surface area contributed by atoms with Gasteiger partial charge in [0.05, 0.1) is 18.1 Å². The van der Waals surface area contributed by atoms with Crippen LogP contribution in [0.25, 0.3) is 0 Å². The standard InChI is InChI=1S/C7H12N2O/c1-6(2-8)3-9-4-7(10)5-9/h6-7,10H,3-5H2,1H3. The summed E-state index contributed by atoms with van der Waals surface area (Å²) in [6.45, 7) is 4.18. The van der Waals surface area contributed by atoms with E-state index >= 15 is 0 Å². The average Bonchev–Trinajstić information content (AvgIpc) is 1.84. The van der Waals surface area contributed by atoms with Crippen LogP contribution >= 0.6 is 0 Å². The number of nitrogens with zero attached hydrogens (tertiary/aromatic N) is 2. The average molecular weight is 140 g/mol. The Balaban J connectivity index is 2.11. The largest absolute Gasteiger partial charge is 0.390 e. The predicted octanol–water partition coefficient (Wildman–Crippen LogP) is -0.177. The summed E-state index contributed by atoms with van der Waals surface area (Å²) in [6, 6.07) is 2.16. The maximum Gasteiger partial charge on any atom is 0.0793 e. The van der Waals surface area contributed by atoms with Crippen LogP contribution in [0.4, 0.5) is 0 Å². The quantitative estimate of drug-likeness (QED) is 0.579. The summed E-state index contributed by atoms with van der Waals surface area (Å²) in [5, 5.41) is 17.3. The molecule has 10 heavy (non-hydrogen) atoms. The van der Waals surface area contributed by atoms with Crippen LogP contribution in [0.3, 0.4) is 0 Å². The van der Waals surface area contributed by atoms with Crippen molar-refractivity contribution in [2.24, 2.45) is 5.92 Å². The van der Waals surface area contributed by atoms with E-state index in [4.69, 9.17) is 10.4 Å². The van der Waals surface area contributed by atoms with Gasteiger partial charge in [0.25, 0.3) is 0 Å². The maximum absolute atomic E-state index is 8.88. The van der Waals surface area contributed by atoms with Gasteiger partial charge in [0.15, 0.2) is 0 Å². The molecule has 0 saturated carbocycles. The summed E-state index contributed by atoms with van der Waals surface area (Å²) in [6.07, 6.45) is -0.147. The number of β-amino-alcohol motifs (C(OH)–C–C–N with tert-alkyl or cyclic N) is 1. The fourth-order valence-electron chi connectivity index (χ4n) is 1.12. The van der Waals surface area contributed by atoms with Crippen LogP contribution in [0.5, 0.6) is 0 Å². The topological polar surface area (TPSA) is 47.3 Å². The highest BCUT2D eigenvalue weighted by molar-refractivity contribution is 4.86. The van der Waals surface area contributed by atoms with Gasteiger partial charge in [0, 0.05) is 19.6 Å². The van der Waals surface area contributed by atoms with Crippen molar-refractivity contribution in [1.82, 2.24) is 4.90 Å². The van der Waals surface area contributed by atoms with Crippen molar-refractivity contribution in [3.05, 3.63) is 0 Å². The van der Waals surface area contributed by atoms with E-state index < -0.39 is 0 Å². The molecule has 1 N–H and O–H groups in total. The Morgan fingerprint density at radius 3 is 2.80 bits per heavy atom. The lowest BCUT2D eigenvalue weighted by Gasteiger charge is -2.36. The highest BCUT2D eigenvalue weighted by Crippen LogP contribution is 2.09. The summed E-state index contributed by atoms with van der Waals surface area (Å²) in [5.41, 5.74) is 0. The molecule has 0 amide bonds. The molecule has 1 atom stereocenters. The van der Waals surface area contributed by atoms with Gasteiger partial charge in [-0.25, -0.2) is 0 Å². The molecule has 1 aliphatic rings. The summed E-state index contributed by atoms with van der Waals surface area (Å²) >= 11 is 0. The molecule has 0 radical (unpaired) electrons. The first-order valence-corrected chi connectivity index (χ1v) is 3.52. The van der Waals surface area contributed by atoms with Gasteiger partial charge in [-0.15, -0.1) is 0 Å². The van der Waals surface area contributed by atoms with Crippen molar-refractivity contribution in [3.63, 3.8) is 0 Å². The molecule has 0 aromatic carbocycles. The number of rotatable bonds is 2. The summed E-state index contributed by atoms with van der Waals surface area (Å²) < 4.78 is 0. The lowest BCUT2D eigenvalue weighted by molar-refractivity contribution is -0.00171. The number of aliphatic hydroxyl groups excluding tert-OH is 1. The van der Waals surface area contributed by atoms with Crippen LogP contribution in [0.1, 0.15) is 6.92 Å². The van der Waals surface area contributed by atoms with E-state index in [1.807, 2.05) is 6.92 Å². The molecule has 3 heteroatoms. The molecule has 0 aromatic rings. The Morgan fingerprint density at radius 1 is 1.80 bits per heavy atom. The Kier molecular flexibility index (Phi) is 2.25. The third kappa shape index (κ3) is 1.69. The van der Waals surface area contributed by atoms with Gasteiger partial charge in [-0.2, -0.15) is 5.26 Å². The van der Waals surface area contributed by atoms with E-state index in [9.17, 15) is 0 Å². The van der Waals surface area contributed by atoms with Gasteiger partial charge in [-0.3, -0.25) is 4.90 Å². The smallest absolute Gasteiger partial charge is 0.0793 e. The molecule has 0 aliphatic carbocycles. The molecule has 0 aromatic heterocycles. The van der Waals surface area contributed by atoms with Crippen LogP contribution < -0.4 is 0 Å². The van der Waals surface area contributed by atoms with Crippen LogP contribution in [-0.4, -0.2) is 35.7 Å². The van der Waals surface area contributed by atoms with Crippen molar-refractivity contribution in [2.75, 3.05) is 19.6 Å². The molecule has 0 bridgehead atoms. The molecule has 0 spiro atoms. The summed E-state index contributed by atoms with van der Waals surface area (Å²) in [5.74, 6) is 0.0903. The van der Waals surface area contributed by atoms with Gasteiger partial charge >= 0.3 is 0 Å². The van der Waals surface area contributed by atoms with Crippen molar-refractivity contribution < 1.29 is 5.11 Å². The van der Waals surface area contributed by atoms with Crippen molar-refractivity contribution in [3.8, 4) is 6.07 Å². The zero-order valence-corrected chi connectivity index (χ0v) is 6.12. The Morgan fingerprint density at radius 2 is 2.40 bits per heavy atom. The minimum Gasteiger partial charge on any atom is -0.390 e. The molecule has 1 unspecified atom stereocenters. The molecule has 3 nitrogen and oxygen atoms in total. The first-order valence-electron chi connectivity index (χ1n) is 3.52. The van der Waals surface area contributed by atoms with Gasteiger partial charge in [0.2, 0.25) is 0 Å². The third-order valence-electron chi connectivity index (χ3n) is 1.69. The second kappa shape index (κ2) is 3.00. The molecule has 1 rings (SSSR count). The van der Waals surface area contributed by atoms with Crippen LogP contribution in [-0.2, 0) is 0 Å². The monoisotopic (exact) mass is 140 g/mol. The fraction of sp³-hybridized carbons (Fsp3) is 0.857. The van der Waals surface area contributed by atoms with Gasteiger partial charge in [0.1, 0.15) is 0 Å². The van der Waals surface area contributed by atoms with Crippen molar-refractivity contribution >= 4 is 0 Å². The van der Waals surface area contributed by atoms with E-state index in [1.165, 1.54) is 0 Å². The molecule has 1 aliphatic heterocycles. The first kappa shape index (κ1) is 7.52. The molecule has 56 valence electrons. The Hall–Kier alpha value is -0.590. The van der Waals surface area contributed by atoms with Crippen LogP contribution in [0.15, 0.2) is 0 Å². The second-order valence-corrected chi connectivity index (χ2v) is 2.90. The third-order valence-corrected chi connectivity index (χ3v) is 1.69. The number of likely N-dealkylation sites (tertiary alicyclic amines) is 1. The zero-order valence-electron chi connectivity index (χ0n) is 6.12. The molecule has 1 fully saturated rings. The molecule has 1 heterocycles. The minimum absolute atomic E-state index is 0.0903. The fourth-order valence-corrected chi connectivity index (χ4v) is 1.12. The van der Waals surface area contributed by atoms with E-state index in [2.05, 4.69) is 11.0 Å². The number of aliphatic hydroxyl groups is 1. The molecular formula is C7H12N2O. The highest BCUT2D eigenvalue weighted by Gasteiger charge is 2.24. The minimum atomic E-state index is -0.147. The van der Waals surface area contributed by atoms with Crippen LogP contribution in [0.2, 0.25) is 0 Å². The summed E-state index contributed by atoms with van der Waals surface area (Å²) in [7, 11) is 0. The summed E-state index contributed by atoms with van der Waals surface area (Å²) in [4.78, 5) is 2.08. The SMILES string of the molecule is CC(C#N)CN1CC(O)C1. The van der Waals surface area contributed by atoms with Crippen LogP contribution in [0, 0.1) is 17.2 Å². The Labute approximate surface area is 60.9 Å². The van der Waals surface area contributed by atoms with Crippen molar-refractivity contribution in [1.29, 1.82) is 5.26 Å². The first-order chi connectivity index (χ1) is 4.72. The lowest BCUT2D eigenvalue weighted by Crippen LogP contribution is -2.51. The van der Waals surface area contributed by atoms with Gasteiger partial charge in [-0.05, 0) is 6.92 Å². The van der Waals surface area contributed by atoms with Crippen molar-refractivity contribution in [2.45, 2.75) is 13.0 Å². The van der Waals surface area contributed by atoms with E-state index in [-0.39, 0.29) is 12.0 Å². The van der Waals surface area contributed by atoms with Gasteiger partial charge in [-0.1, -0.05) is 0 Å². The normalized spacial score (nSPS) is 23.3. The number of hydrogen-bond acceptors (Lipinski definition) is 3. The van der Waals surface area contributed by atoms with E-state index in [1.54, 1.807) is 0 Å². The zero-order chi connectivity index (χ0) is 7.56. The van der Waals surface area contributed by atoms with E-state index in [0.717, 1.165) is 19.6 Å².